The number of methoxy groups -OCH3 is 2. The number of ketones is 1. The first-order chi connectivity index (χ1) is 45.0. The van der Waals surface area contributed by atoms with E-state index in [1.165, 1.54) is 34.7 Å². The zero-order valence-electron chi connectivity index (χ0n) is 53.3. The molecule has 6 atom stereocenters. The topological polar surface area (TPSA) is 288 Å². The van der Waals surface area contributed by atoms with Crippen LogP contribution in [0.4, 0.5) is 5.69 Å². The molecule has 0 spiro atoms. The van der Waals surface area contributed by atoms with E-state index in [4.69, 9.17) is 28.4 Å². The molecule has 0 bridgehead atoms. The zero-order chi connectivity index (χ0) is 65.8. The van der Waals surface area contributed by atoms with Crippen LogP contribution in [0.1, 0.15) is 106 Å². The first-order valence-corrected chi connectivity index (χ1v) is 31.4. The quantitative estimate of drug-likeness (QED) is 0.0132. The van der Waals surface area contributed by atoms with Crippen LogP contribution in [0, 0.1) is 17.0 Å². The van der Waals surface area contributed by atoms with Crippen LogP contribution in [-0.2, 0) is 59.5 Å². The van der Waals surface area contributed by atoms with Gasteiger partial charge in [-0.3, -0.25) is 38.5 Å². The summed E-state index contributed by atoms with van der Waals surface area (Å²) in [7, 11) is 3.24. The van der Waals surface area contributed by atoms with Crippen LogP contribution in [0.25, 0.3) is 0 Å². The fourth-order valence-electron chi connectivity index (χ4n) is 12.0. The molecule has 4 N–H and O–H groups in total. The molecule has 1 amide bonds. The molecular formula is C72H73N4NaO17S. The second kappa shape index (κ2) is 32.9. The molecule has 4 heterocycles. The van der Waals surface area contributed by atoms with E-state index in [9.17, 15) is 49.4 Å². The number of carbonyl (C=O) groups excluding carboxylic acids is 2. The number of aliphatic hydroxyl groups excluding tert-OH is 2. The van der Waals surface area contributed by atoms with E-state index in [-0.39, 0.29) is 98.0 Å². The van der Waals surface area contributed by atoms with Crippen molar-refractivity contribution in [3.05, 3.63) is 280 Å². The number of allylic oxidation sites excluding steroid dienone is 1. The molecule has 0 aliphatic carbocycles. The van der Waals surface area contributed by atoms with Gasteiger partial charge in [0, 0.05) is 46.8 Å². The predicted octanol–water partition coefficient (Wildman–Crippen LogP) is 7.44. The molecule has 1 aromatic heterocycles. The summed E-state index contributed by atoms with van der Waals surface area (Å²) in [6, 6.07) is 54.5. The van der Waals surface area contributed by atoms with Gasteiger partial charge in [-0.25, -0.2) is 9.59 Å². The minimum Gasteiger partial charge on any atom is -0.870 e. The molecule has 23 heteroatoms. The monoisotopic (exact) mass is 1320 g/mol. The van der Waals surface area contributed by atoms with Crippen LogP contribution in [0.15, 0.2) is 208 Å². The van der Waals surface area contributed by atoms with Crippen molar-refractivity contribution in [1.29, 1.82) is 0 Å². The van der Waals surface area contributed by atoms with Gasteiger partial charge in [0.05, 0.1) is 64.2 Å². The fraction of sp³-hybridized carbons (Fsp3) is 0.292. The number of nitro groups is 1. The van der Waals surface area contributed by atoms with Gasteiger partial charge in [0.15, 0.2) is 5.78 Å². The summed E-state index contributed by atoms with van der Waals surface area (Å²) < 4.78 is 40.1. The van der Waals surface area contributed by atoms with Gasteiger partial charge < -0.3 is 49.2 Å². The number of nitro benzene ring substituents is 1. The first-order valence-electron chi connectivity index (χ1n) is 30.4. The van der Waals surface area contributed by atoms with Crippen molar-refractivity contribution >= 4 is 35.1 Å². The molecule has 11 rings (SSSR count). The Morgan fingerprint density at radius 2 is 1.09 bits per heavy atom. The Morgan fingerprint density at radius 3 is 1.55 bits per heavy atom. The first kappa shape index (κ1) is 72.5. The van der Waals surface area contributed by atoms with Crippen molar-refractivity contribution in [3.8, 4) is 11.5 Å². The summed E-state index contributed by atoms with van der Waals surface area (Å²) >= 11 is 1.18. The van der Waals surface area contributed by atoms with Gasteiger partial charge in [0.1, 0.15) is 40.7 Å². The molecule has 490 valence electrons. The summed E-state index contributed by atoms with van der Waals surface area (Å²) in [6.45, 7) is 3.66. The minimum absolute atomic E-state index is 0. The molecule has 95 heavy (non-hydrogen) atoms. The molecule has 2 unspecified atom stereocenters. The molecule has 21 nitrogen and oxygen atoms in total. The average Bonchev–Trinajstić information content (AvgIpc) is 0.818. The molecule has 0 saturated carbocycles. The number of aromatic carboxylic acids is 1. The molecule has 3 aliphatic rings. The van der Waals surface area contributed by atoms with Crippen molar-refractivity contribution in [3.63, 3.8) is 0 Å². The average molecular weight is 1320 g/mol. The number of nitrogens with zero attached hydrogens (tertiary/aromatic N) is 4. The Balaban J connectivity index is 0.000000250. The van der Waals surface area contributed by atoms with Crippen LogP contribution in [0.5, 0.6) is 11.5 Å². The second-order valence-electron chi connectivity index (χ2n) is 22.7. The molecule has 7 aromatic carbocycles. The minimum atomic E-state index is -1.43. The Hall–Kier alpha value is -8.36. The third-order valence-corrected chi connectivity index (χ3v) is 17.9. The number of thioether (sulfide) groups is 1. The molecule has 3 aliphatic heterocycles. The van der Waals surface area contributed by atoms with E-state index in [1.54, 1.807) is 39.2 Å². The van der Waals surface area contributed by atoms with E-state index < -0.39 is 63.2 Å². The van der Waals surface area contributed by atoms with Crippen LogP contribution in [0.2, 0.25) is 0 Å². The fourth-order valence-corrected chi connectivity index (χ4v) is 12.8. The van der Waals surface area contributed by atoms with E-state index in [0.717, 1.165) is 60.9 Å². The number of hydrogen-bond donors (Lipinski definition) is 3. The standard InChI is InChI=1S/C40H39N3O10S.C32H33NO6.Na.H2O/c1-26-23-42(39(48)41(37(26)45)20-21-54-33-17-18-35(43(49)50)34(22-33)38(46)47)36-19-16-32(53-36)25-52-40(28-6-4-3-5-7-28,29-10-8-27(24-44)9-11-29)30-12-14-31(51-2)15-13-30;1-22-19-33(30(36)18-29(22)35)31-17-16-28(39-31)21-38-32(24-6-4-3-5-7-24,25-10-8-23(20-34)9-11-25)26-12-14-27(37-2)15-13-26;;/h3-15,17-18,22-23,32,36,44H,16,19-21,24-25H2,1-2H3,(H,46,47);3-15,19,28,31,34H,16-18,20-21H2,1-2H3;;1H2/q;;+1;/p-1/t32-,36+,40?;28-,31+,32?;;/m00../s1. The zero-order valence-corrected chi connectivity index (χ0v) is 56.1. The van der Waals surface area contributed by atoms with Gasteiger partial charge in [-0.2, -0.15) is 0 Å². The van der Waals surface area contributed by atoms with Gasteiger partial charge in [-0.15, -0.1) is 11.8 Å². The number of ether oxygens (including phenoxy) is 6. The van der Waals surface area contributed by atoms with Crippen LogP contribution in [-0.4, -0.2) is 109 Å². The summed E-state index contributed by atoms with van der Waals surface area (Å²) in [5.74, 6) is -0.148. The maximum Gasteiger partial charge on any atom is 1.00 e. The SMILES string of the molecule is COc1ccc(C(OC[C@@H]2CC[C@H](N3C=C(C)C(=O)CC3=O)O2)(c2ccccc2)c2ccc(CO)cc2)cc1.COc1ccc(C(OC[C@@H]2CC[C@H](n3cc(C)c(=O)n(CCSc4ccc([N+](=O)[O-])c(C(=O)O)c4)c3=O)O2)(c2ccccc2)c2ccc(CO)cc2)cc1.[Na+].[OH-]. The second-order valence-corrected chi connectivity index (χ2v) is 23.9. The number of aromatic nitrogens is 2. The number of amides is 1. The third-order valence-electron chi connectivity index (χ3n) is 16.9. The Bertz CT molecular complexity index is 4000. The van der Waals surface area contributed by atoms with Gasteiger partial charge in [0.25, 0.3) is 11.2 Å². The van der Waals surface area contributed by atoms with Crippen molar-refractivity contribution in [2.24, 2.45) is 0 Å². The summed E-state index contributed by atoms with van der Waals surface area (Å²) in [6.07, 6.45) is 3.70. The largest absolute Gasteiger partial charge is 1.00 e. The number of rotatable bonds is 24. The number of aryl methyl sites for hydroxylation is 1. The third kappa shape index (κ3) is 16.1. The number of Topliss-reactive ketones (excluding diaryl/α,β-unsaturated/α-hetero) is 1. The molecule has 0 radical (unpaired) electrons. The number of carboxylic acid groups (broad SMARTS) is 1. The molecule has 8 aromatic rings. The van der Waals surface area contributed by atoms with Gasteiger partial charge in [-0.1, -0.05) is 133 Å². The normalized spacial score (nSPS) is 18.0. The number of carbonyl (C=O) groups is 3. The van der Waals surface area contributed by atoms with Gasteiger partial charge in [-0.05, 0) is 120 Å². The van der Waals surface area contributed by atoms with Crippen LogP contribution < -0.4 is 50.3 Å². The molecule has 2 saturated heterocycles. The van der Waals surface area contributed by atoms with Crippen LogP contribution in [0.3, 0.4) is 0 Å². The van der Waals surface area contributed by atoms with E-state index in [1.807, 2.05) is 158 Å². The number of carboxylic acids is 1. The van der Waals surface area contributed by atoms with Crippen LogP contribution >= 0.6 is 11.8 Å². The summed E-state index contributed by atoms with van der Waals surface area (Å²) in [5, 5.41) is 40.1. The number of hydrogen-bond acceptors (Lipinski definition) is 17. The van der Waals surface area contributed by atoms with Crippen molar-refractivity contribution < 1.29 is 98.1 Å². The van der Waals surface area contributed by atoms with Gasteiger partial charge in [0.2, 0.25) is 5.91 Å². The van der Waals surface area contributed by atoms with Crippen molar-refractivity contribution in [2.45, 2.75) is 106 Å². The Kier molecular flexibility index (Phi) is 25.1. The van der Waals surface area contributed by atoms with E-state index >= 15 is 0 Å². The molecular weight excluding hydrogens is 1250 g/mol. The number of benzene rings is 7. The van der Waals surface area contributed by atoms with Gasteiger partial charge >= 0.3 is 41.2 Å². The Morgan fingerprint density at radius 1 is 0.642 bits per heavy atom. The van der Waals surface area contributed by atoms with E-state index in [0.29, 0.717) is 47.5 Å². The molecule has 2 fully saturated rings. The van der Waals surface area contributed by atoms with Crippen molar-refractivity contribution in [2.75, 3.05) is 33.2 Å². The maximum absolute atomic E-state index is 13.7. The number of aliphatic hydroxyl groups is 2. The Labute approximate surface area is 575 Å². The van der Waals surface area contributed by atoms with Crippen molar-refractivity contribution in [1.82, 2.24) is 14.0 Å². The smallest absolute Gasteiger partial charge is 0.870 e. The van der Waals surface area contributed by atoms with E-state index in [2.05, 4.69) is 0 Å². The maximum atomic E-state index is 13.7. The predicted molar refractivity (Wildman–Crippen MR) is 349 cm³/mol. The summed E-state index contributed by atoms with van der Waals surface area (Å²) in [5.41, 5.74) is 3.83. The summed E-state index contributed by atoms with van der Waals surface area (Å²) in [4.78, 5) is 75.4.